The Morgan fingerprint density at radius 1 is 1.35 bits per heavy atom. The summed E-state index contributed by atoms with van der Waals surface area (Å²) in [4.78, 5) is 17.0. The van der Waals surface area contributed by atoms with Crippen molar-refractivity contribution in [1.82, 2.24) is 4.98 Å². The zero-order valence-corrected chi connectivity index (χ0v) is 9.54. The lowest BCUT2D eigenvalue weighted by Crippen LogP contribution is -2.26. The molecule has 0 spiro atoms. The minimum atomic E-state index is -1.01. The molecule has 2 N–H and O–H groups in total. The molecule has 1 aliphatic heterocycles. The van der Waals surface area contributed by atoms with Crippen LogP contribution in [0.3, 0.4) is 0 Å². The maximum absolute atomic E-state index is 10.8. The molecule has 0 radical (unpaired) electrons. The van der Waals surface area contributed by atoms with Gasteiger partial charge in [-0.3, -0.25) is 0 Å². The zero-order chi connectivity index (χ0) is 12.3. The molecule has 0 bridgehead atoms. The Hall–Kier alpha value is -1.62. The molecular weight excluding hydrogens is 220 g/mol. The average Bonchev–Trinajstić information content (AvgIpc) is 2.54. The van der Waals surface area contributed by atoms with Crippen LogP contribution in [-0.2, 0) is 0 Å². The summed E-state index contributed by atoms with van der Waals surface area (Å²) in [6.45, 7) is 1.53. The van der Waals surface area contributed by atoms with Crippen LogP contribution in [-0.4, -0.2) is 40.4 Å². The molecule has 17 heavy (non-hydrogen) atoms. The summed E-state index contributed by atoms with van der Waals surface area (Å²) in [5, 5.41) is 18.4. The first-order chi connectivity index (χ1) is 8.16. The molecule has 5 heteroatoms. The van der Waals surface area contributed by atoms with E-state index < -0.39 is 5.97 Å². The number of carboxylic acid groups (broad SMARTS) is 1. The van der Waals surface area contributed by atoms with Gasteiger partial charge in [0.15, 0.2) is 5.69 Å². The first-order valence-corrected chi connectivity index (χ1v) is 5.80. The van der Waals surface area contributed by atoms with Crippen LogP contribution < -0.4 is 4.90 Å². The Bertz CT molecular complexity index is 408. The summed E-state index contributed by atoms with van der Waals surface area (Å²) >= 11 is 0. The molecule has 92 valence electrons. The third-order valence-corrected chi connectivity index (χ3v) is 2.98. The van der Waals surface area contributed by atoms with Crippen molar-refractivity contribution in [2.45, 2.75) is 25.4 Å². The highest BCUT2D eigenvalue weighted by Crippen LogP contribution is 2.17. The fourth-order valence-electron chi connectivity index (χ4n) is 2.03. The topological polar surface area (TPSA) is 73.7 Å². The smallest absolute Gasteiger partial charge is 0.354 e. The van der Waals surface area contributed by atoms with Gasteiger partial charge in [-0.2, -0.15) is 0 Å². The van der Waals surface area contributed by atoms with Gasteiger partial charge in [-0.1, -0.05) is 6.07 Å². The van der Waals surface area contributed by atoms with Crippen molar-refractivity contribution in [3.05, 3.63) is 23.9 Å². The Morgan fingerprint density at radius 2 is 2.18 bits per heavy atom. The van der Waals surface area contributed by atoms with Crippen molar-refractivity contribution in [2.75, 3.05) is 18.0 Å². The van der Waals surface area contributed by atoms with Gasteiger partial charge in [0.25, 0.3) is 0 Å². The third-order valence-electron chi connectivity index (χ3n) is 2.98. The number of hydrogen-bond donors (Lipinski definition) is 2. The van der Waals surface area contributed by atoms with E-state index in [2.05, 4.69) is 4.98 Å². The lowest BCUT2D eigenvalue weighted by molar-refractivity contribution is 0.0690. The first-order valence-electron chi connectivity index (χ1n) is 5.80. The fraction of sp³-hybridized carbons (Fsp3) is 0.500. The molecular formula is C12H16N2O3. The van der Waals surface area contributed by atoms with Crippen LogP contribution in [0.4, 0.5) is 5.82 Å². The van der Waals surface area contributed by atoms with Gasteiger partial charge in [0.2, 0.25) is 0 Å². The van der Waals surface area contributed by atoms with Crippen LogP contribution in [0.5, 0.6) is 0 Å². The van der Waals surface area contributed by atoms with Crippen LogP contribution in [0.25, 0.3) is 0 Å². The number of aliphatic hydroxyl groups is 1. The third kappa shape index (κ3) is 2.94. The maximum Gasteiger partial charge on any atom is 0.354 e. The summed E-state index contributed by atoms with van der Waals surface area (Å²) in [6.07, 6.45) is 2.16. The van der Waals surface area contributed by atoms with E-state index in [1.54, 1.807) is 6.07 Å². The molecule has 2 heterocycles. The standard InChI is InChI=1S/C12H16N2O3/c15-9-3-2-7-14(8-6-9)11-5-1-4-10(13-11)12(16)17/h1,4-5,9,15H,2-3,6-8H2,(H,16,17). The highest BCUT2D eigenvalue weighted by molar-refractivity contribution is 5.85. The Morgan fingerprint density at radius 3 is 2.94 bits per heavy atom. The molecule has 5 nitrogen and oxygen atoms in total. The summed E-state index contributed by atoms with van der Waals surface area (Å²) in [6, 6.07) is 5.00. The molecule has 1 atom stereocenters. The van der Waals surface area contributed by atoms with Gasteiger partial charge in [0, 0.05) is 13.1 Å². The van der Waals surface area contributed by atoms with Crippen molar-refractivity contribution >= 4 is 11.8 Å². The van der Waals surface area contributed by atoms with Crippen molar-refractivity contribution in [3.8, 4) is 0 Å². The van der Waals surface area contributed by atoms with Gasteiger partial charge < -0.3 is 15.1 Å². The number of aliphatic hydroxyl groups excluding tert-OH is 1. The number of rotatable bonds is 2. The number of carboxylic acids is 1. The second kappa shape index (κ2) is 5.14. The van der Waals surface area contributed by atoms with Gasteiger partial charge in [-0.15, -0.1) is 0 Å². The molecule has 2 rings (SSSR count). The summed E-state index contributed by atoms with van der Waals surface area (Å²) in [7, 11) is 0. The quantitative estimate of drug-likeness (QED) is 0.805. The second-order valence-corrected chi connectivity index (χ2v) is 4.26. The number of nitrogens with zero attached hydrogens (tertiary/aromatic N) is 2. The van der Waals surface area contributed by atoms with Gasteiger partial charge in [-0.05, 0) is 31.4 Å². The molecule has 1 unspecified atom stereocenters. The highest BCUT2D eigenvalue weighted by Gasteiger charge is 2.16. The fourth-order valence-corrected chi connectivity index (χ4v) is 2.03. The van der Waals surface area contributed by atoms with Crippen molar-refractivity contribution < 1.29 is 15.0 Å². The van der Waals surface area contributed by atoms with Gasteiger partial charge in [0.05, 0.1) is 6.10 Å². The lowest BCUT2D eigenvalue weighted by Gasteiger charge is -2.21. The zero-order valence-electron chi connectivity index (χ0n) is 9.54. The highest BCUT2D eigenvalue weighted by atomic mass is 16.4. The predicted molar refractivity (Wildman–Crippen MR) is 63.3 cm³/mol. The Balaban J connectivity index is 2.15. The van der Waals surface area contributed by atoms with Gasteiger partial charge >= 0.3 is 5.97 Å². The molecule has 0 saturated carbocycles. The number of hydrogen-bond acceptors (Lipinski definition) is 4. The summed E-state index contributed by atoms with van der Waals surface area (Å²) < 4.78 is 0. The molecule has 1 fully saturated rings. The van der Waals surface area contributed by atoms with Crippen LogP contribution in [0.2, 0.25) is 0 Å². The lowest BCUT2D eigenvalue weighted by atomic mass is 10.2. The number of aromatic carboxylic acids is 1. The molecule has 1 aromatic rings. The van der Waals surface area contributed by atoms with Crippen LogP contribution in [0, 0.1) is 0 Å². The monoisotopic (exact) mass is 236 g/mol. The minimum Gasteiger partial charge on any atom is -0.477 e. The van der Waals surface area contributed by atoms with Crippen LogP contribution in [0.15, 0.2) is 18.2 Å². The SMILES string of the molecule is O=C(O)c1cccc(N2CCCC(O)CC2)n1. The number of aromatic nitrogens is 1. The van der Waals surface area contributed by atoms with E-state index >= 15 is 0 Å². The van der Waals surface area contributed by atoms with E-state index in [1.807, 2.05) is 11.0 Å². The van der Waals surface area contributed by atoms with Crippen molar-refractivity contribution in [3.63, 3.8) is 0 Å². The van der Waals surface area contributed by atoms with E-state index in [-0.39, 0.29) is 11.8 Å². The van der Waals surface area contributed by atoms with Crippen molar-refractivity contribution in [1.29, 1.82) is 0 Å². The molecule has 1 aliphatic rings. The van der Waals surface area contributed by atoms with E-state index in [0.29, 0.717) is 12.2 Å². The van der Waals surface area contributed by atoms with Crippen LogP contribution >= 0.6 is 0 Å². The first kappa shape index (κ1) is 11.9. The van der Waals surface area contributed by atoms with E-state index in [0.717, 1.165) is 25.9 Å². The summed E-state index contributed by atoms with van der Waals surface area (Å²) in [5.41, 5.74) is 0.0623. The predicted octanol–water partition coefficient (Wildman–Crippen LogP) is 1.13. The maximum atomic E-state index is 10.8. The number of carbonyl (C=O) groups is 1. The normalized spacial score (nSPS) is 21.0. The van der Waals surface area contributed by atoms with E-state index in [9.17, 15) is 9.90 Å². The summed E-state index contributed by atoms with van der Waals surface area (Å²) in [5.74, 6) is -0.333. The molecule has 0 aliphatic carbocycles. The molecule has 1 aromatic heterocycles. The number of pyridine rings is 1. The second-order valence-electron chi connectivity index (χ2n) is 4.26. The molecule has 0 amide bonds. The number of anilines is 1. The van der Waals surface area contributed by atoms with Gasteiger partial charge in [0.1, 0.15) is 5.82 Å². The van der Waals surface area contributed by atoms with Crippen LogP contribution in [0.1, 0.15) is 29.8 Å². The van der Waals surface area contributed by atoms with E-state index in [1.165, 1.54) is 6.07 Å². The van der Waals surface area contributed by atoms with Crippen molar-refractivity contribution in [2.24, 2.45) is 0 Å². The Kier molecular flexibility index (Phi) is 3.58. The van der Waals surface area contributed by atoms with E-state index in [4.69, 9.17) is 5.11 Å². The average molecular weight is 236 g/mol. The molecule has 0 aromatic carbocycles. The largest absolute Gasteiger partial charge is 0.477 e. The Labute approximate surface area is 99.7 Å². The molecule has 1 saturated heterocycles. The minimum absolute atomic E-state index is 0.0623. The van der Waals surface area contributed by atoms with Gasteiger partial charge in [-0.25, -0.2) is 9.78 Å².